The highest BCUT2D eigenvalue weighted by molar-refractivity contribution is 9.09. The average molecular weight is 351 g/mol. The molecular weight excluding hydrogens is 340 g/mol. The minimum absolute atomic E-state index is 0.0607. The van der Waals surface area contributed by atoms with Gasteiger partial charge >= 0.3 is 11.9 Å². The number of rotatable bonds is 6. The van der Waals surface area contributed by atoms with Gasteiger partial charge in [-0.15, -0.1) is 5.06 Å². The fraction of sp³-hybridized carbons (Fsp3) is 0.500. The molecule has 1 rings (SSSR count). The first-order chi connectivity index (χ1) is 9.35. The molecule has 0 bridgehead atoms. The molecule has 1 fully saturated rings. The van der Waals surface area contributed by atoms with Gasteiger partial charge < -0.3 is 15.3 Å². The summed E-state index contributed by atoms with van der Waals surface area (Å²) in [5.41, 5.74) is 0. The predicted octanol–water partition coefficient (Wildman–Crippen LogP) is -1.05. The van der Waals surface area contributed by atoms with E-state index in [0.29, 0.717) is 5.06 Å². The van der Waals surface area contributed by atoms with Crippen LogP contribution in [-0.2, 0) is 28.8 Å². The molecule has 20 heavy (non-hydrogen) atoms. The van der Waals surface area contributed by atoms with Crippen molar-refractivity contribution in [2.24, 2.45) is 0 Å². The topological polar surface area (TPSA) is 130 Å². The van der Waals surface area contributed by atoms with Crippen molar-refractivity contribution < 1.29 is 33.9 Å². The van der Waals surface area contributed by atoms with E-state index in [1.54, 1.807) is 0 Å². The molecule has 0 spiro atoms. The smallest absolute Gasteiger partial charge is 0.335 e. The number of hydroxylamine groups is 2. The zero-order valence-corrected chi connectivity index (χ0v) is 11.7. The van der Waals surface area contributed by atoms with Crippen molar-refractivity contribution in [2.75, 3.05) is 5.33 Å². The summed E-state index contributed by atoms with van der Waals surface area (Å²) < 4.78 is 0. The van der Waals surface area contributed by atoms with Gasteiger partial charge in [-0.25, -0.2) is 9.59 Å². The third kappa shape index (κ3) is 4.30. The second-order valence-electron chi connectivity index (χ2n) is 3.84. The Kier molecular flexibility index (Phi) is 5.62. The van der Waals surface area contributed by atoms with E-state index in [1.165, 1.54) is 0 Å². The quantitative estimate of drug-likeness (QED) is 0.461. The monoisotopic (exact) mass is 350 g/mol. The molecule has 1 aliphatic rings. The molecule has 0 saturated carbocycles. The van der Waals surface area contributed by atoms with Crippen LogP contribution in [0.2, 0.25) is 0 Å². The van der Waals surface area contributed by atoms with Gasteiger partial charge in [0.2, 0.25) is 5.91 Å². The molecule has 1 aliphatic heterocycles. The maximum atomic E-state index is 11.5. The van der Waals surface area contributed by atoms with E-state index in [2.05, 4.69) is 26.1 Å². The lowest BCUT2D eigenvalue weighted by atomic mass is 10.2. The number of carbonyl (C=O) groups excluding carboxylic acids is 4. The number of amides is 3. The molecule has 110 valence electrons. The molecule has 9 nitrogen and oxygen atoms in total. The SMILES string of the molecule is O=C(CBr)NC(CC(=O)ON1C(=O)CCC1=O)C(=O)O. The lowest BCUT2D eigenvalue weighted by Gasteiger charge is -2.16. The molecule has 0 aromatic rings. The molecular formula is C10H11BrN2O7. The minimum Gasteiger partial charge on any atom is -0.480 e. The number of carbonyl (C=O) groups is 5. The first-order valence-electron chi connectivity index (χ1n) is 5.50. The van der Waals surface area contributed by atoms with Gasteiger partial charge in [-0.2, -0.15) is 0 Å². The van der Waals surface area contributed by atoms with Crippen LogP contribution in [0.1, 0.15) is 19.3 Å². The molecule has 2 N–H and O–H groups in total. The van der Waals surface area contributed by atoms with Gasteiger partial charge in [0.15, 0.2) is 0 Å². The van der Waals surface area contributed by atoms with Crippen LogP contribution in [0.15, 0.2) is 0 Å². The number of hydrogen-bond acceptors (Lipinski definition) is 6. The Morgan fingerprint density at radius 2 is 1.85 bits per heavy atom. The molecule has 10 heteroatoms. The highest BCUT2D eigenvalue weighted by Crippen LogP contribution is 2.13. The first-order valence-corrected chi connectivity index (χ1v) is 6.62. The van der Waals surface area contributed by atoms with E-state index in [9.17, 15) is 24.0 Å². The summed E-state index contributed by atoms with van der Waals surface area (Å²) in [6.45, 7) is 0. The number of nitrogens with zero attached hydrogens (tertiary/aromatic N) is 1. The molecule has 1 heterocycles. The average Bonchev–Trinajstić information content (AvgIpc) is 2.69. The van der Waals surface area contributed by atoms with E-state index in [4.69, 9.17) is 5.11 Å². The summed E-state index contributed by atoms with van der Waals surface area (Å²) in [4.78, 5) is 60.3. The van der Waals surface area contributed by atoms with Crippen LogP contribution in [0, 0.1) is 0 Å². The maximum absolute atomic E-state index is 11.5. The predicted molar refractivity (Wildman–Crippen MR) is 65.2 cm³/mol. The van der Waals surface area contributed by atoms with Crippen molar-refractivity contribution >= 4 is 45.6 Å². The molecule has 1 unspecified atom stereocenters. The molecule has 0 aliphatic carbocycles. The Morgan fingerprint density at radius 3 is 2.30 bits per heavy atom. The second kappa shape index (κ2) is 6.98. The van der Waals surface area contributed by atoms with Crippen LogP contribution in [0.4, 0.5) is 0 Å². The molecule has 3 amide bonds. The summed E-state index contributed by atoms with van der Waals surface area (Å²) in [6, 6.07) is -1.50. The normalized spacial score (nSPS) is 15.9. The molecule has 0 aromatic carbocycles. The van der Waals surface area contributed by atoms with Gasteiger partial charge in [0.1, 0.15) is 6.04 Å². The Bertz CT molecular complexity index is 449. The van der Waals surface area contributed by atoms with Crippen molar-refractivity contribution in [3.8, 4) is 0 Å². The first kappa shape index (κ1) is 16.1. The zero-order valence-electron chi connectivity index (χ0n) is 10.1. The number of carboxylic acid groups (broad SMARTS) is 1. The third-order valence-electron chi connectivity index (χ3n) is 2.32. The Balaban J connectivity index is 2.58. The fourth-order valence-electron chi connectivity index (χ4n) is 1.40. The zero-order chi connectivity index (χ0) is 15.3. The van der Waals surface area contributed by atoms with E-state index in [0.717, 1.165) is 0 Å². The van der Waals surface area contributed by atoms with Crippen molar-refractivity contribution in [1.82, 2.24) is 10.4 Å². The standard InChI is InChI=1S/C10H11BrN2O7/c11-4-6(14)12-5(10(18)19)3-9(17)20-13-7(15)1-2-8(13)16/h5H,1-4H2,(H,12,14)(H,18,19). The van der Waals surface area contributed by atoms with Crippen molar-refractivity contribution in [2.45, 2.75) is 25.3 Å². The molecule has 1 saturated heterocycles. The van der Waals surface area contributed by atoms with E-state index >= 15 is 0 Å². The number of hydrogen-bond donors (Lipinski definition) is 2. The lowest BCUT2D eigenvalue weighted by Crippen LogP contribution is -2.44. The summed E-state index contributed by atoms with van der Waals surface area (Å²) >= 11 is 2.83. The molecule has 0 radical (unpaired) electrons. The third-order valence-corrected chi connectivity index (χ3v) is 2.83. The largest absolute Gasteiger partial charge is 0.480 e. The van der Waals surface area contributed by atoms with Crippen molar-refractivity contribution in [3.05, 3.63) is 0 Å². The summed E-state index contributed by atoms with van der Waals surface area (Å²) in [5.74, 6) is -4.50. The summed E-state index contributed by atoms with van der Waals surface area (Å²) in [5, 5.41) is 11.1. The lowest BCUT2D eigenvalue weighted by molar-refractivity contribution is -0.198. The van der Waals surface area contributed by atoms with Crippen LogP contribution in [0.5, 0.6) is 0 Å². The minimum atomic E-state index is -1.50. The van der Waals surface area contributed by atoms with Crippen LogP contribution in [0.3, 0.4) is 0 Å². The molecule has 0 aromatic heterocycles. The number of alkyl halides is 1. The van der Waals surface area contributed by atoms with Gasteiger partial charge in [0.05, 0.1) is 11.8 Å². The second-order valence-corrected chi connectivity index (χ2v) is 4.40. The van der Waals surface area contributed by atoms with Gasteiger partial charge in [0.25, 0.3) is 11.8 Å². The summed E-state index contributed by atoms with van der Waals surface area (Å²) in [7, 11) is 0. The van der Waals surface area contributed by atoms with E-state index in [1.807, 2.05) is 0 Å². The highest BCUT2D eigenvalue weighted by atomic mass is 79.9. The van der Waals surface area contributed by atoms with Gasteiger partial charge in [-0.3, -0.25) is 14.4 Å². The fourth-order valence-corrected chi connectivity index (χ4v) is 1.56. The van der Waals surface area contributed by atoms with Gasteiger partial charge in [0, 0.05) is 12.8 Å². The Labute approximate surface area is 121 Å². The van der Waals surface area contributed by atoms with Crippen LogP contribution < -0.4 is 5.32 Å². The Morgan fingerprint density at radius 1 is 1.30 bits per heavy atom. The number of aliphatic carboxylic acids is 1. The van der Waals surface area contributed by atoms with E-state index < -0.39 is 42.1 Å². The van der Waals surface area contributed by atoms with Crippen LogP contribution in [0.25, 0.3) is 0 Å². The summed E-state index contributed by atoms with van der Waals surface area (Å²) in [6.07, 6.45) is -0.825. The van der Waals surface area contributed by atoms with Crippen molar-refractivity contribution in [1.29, 1.82) is 0 Å². The van der Waals surface area contributed by atoms with Gasteiger partial charge in [-0.1, -0.05) is 15.9 Å². The van der Waals surface area contributed by atoms with E-state index in [-0.39, 0.29) is 18.2 Å². The number of nitrogens with one attached hydrogen (secondary N) is 1. The Hall–Kier alpha value is -1.97. The number of carboxylic acids is 1. The van der Waals surface area contributed by atoms with Crippen LogP contribution in [-0.4, -0.2) is 51.2 Å². The molecule has 1 atom stereocenters. The van der Waals surface area contributed by atoms with Crippen molar-refractivity contribution in [3.63, 3.8) is 0 Å². The highest BCUT2D eigenvalue weighted by Gasteiger charge is 2.34. The number of halogens is 1. The van der Waals surface area contributed by atoms with Gasteiger partial charge in [-0.05, 0) is 0 Å². The van der Waals surface area contributed by atoms with Crippen LogP contribution >= 0.6 is 15.9 Å². The maximum Gasteiger partial charge on any atom is 0.335 e. The number of imide groups is 1.